The van der Waals surface area contributed by atoms with Crippen LogP contribution in [0.5, 0.6) is 0 Å². The van der Waals surface area contributed by atoms with Crippen LogP contribution in [-0.4, -0.2) is 36.3 Å². The summed E-state index contributed by atoms with van der Waals surface area (Å²) in [5, 5.41) is 16.6. The van der Waals surface area contributed by atoms with E-state index in [1.807, 2.05) is 0 Å². The van der Waals surface area contributed by atoms with Gasteiger partial charge in [0.05, 0.1) is 6.10 Å². The maximum absolute atomic E-state index is 9.61. The molecule has 0 spiro atoms. The van der Waals surface area contributed by atoms with E-state index in [1.54, 1.807) is 0 Å². The summed E-state index contributed by atoms with van der Waals surface area (Å²) in [6, 6.07) is 0.471. The first-order valence-electron chi connectivity index (χ1n) is 9.51. The van der Waals surface area contributed by atoms with E-state index < -0.39 is 0 Å². The van der Waals surface area contributed by atoms with E-state index in [1.165, 1.54) is 44.9 Å². The van der Waals surface area contributed by atoms with Crippen LogP contribution in [0.25, 0.3) is 0 Å². The van der Waals surface area contributed by atoms with Crippen LogP contribution >= 0.6 is 24.0 Å². The van der Waals surface area contributed by atoms with E-state index in [9.17, 15) is 5.11 Å². The second kappa shape index (κ2) is 12.3. The lowest BCUT2D eigenvalue weighted by Gasteiger charge is -2.28. The Balaban J connectivity index is 0.00000264. The number of hydrogen-bond acceptors (Lipinski definition) is 2. The van der Waals surface area contributed by atoms with Crippen LogP contribution in [0, 0.1) is 5.92 Å². The topological polar surface area (TPSA) is 56.7 Å². The molecule has 2 aliphatic rings. The highest BCUT2D eigenvalue weighted by Crippen LogP contribution is 2.22. The van der Waals surface area contributed by atoms with Gasteiger partial charge in [0.1, 0.15) is 0 Å². The lowest BCUT2D eigenvalue weighted by molar-refractivity contribution is 0.120. The van der Waals surface area contributed by atoms with Gasteiger partial charge in [-0.15, -0.1) is 24.0 Å². The first-order chi connectivity index (χ1) is 10.8. The lowest BCUT2D eigenvalue weighted by atomic mass is 9.91. The number of nitrogens with zero attached hydrogens (tertiary/aromatic N) is 1. The first kappa shape index (κ1) is 21.0. The summed E-state index contributed by atoms with van der Waals surface area (Å²) < 4.78 is 0. The molecule has 0 unspecified atom stereocenters. The highest BCUT2D eigenvalue weighted by molar-refractivity contribution is 14.0. The van der Waals surface area contributed by atoms with Crippen LogP contribution in [-0.2, 0) is 0 Å². The van der Waals surface area contributed by atoms with Crippen LogP contribution in [0.15, 0.2) is 4.99 Å². The van der Waals surface area contributed by atoms with Gasteiger partial charge in [0, 0.05) is 19.1 Å². The summed E-state index contributed by atoms with van der Waals surface area (Å²) in [4.78, 5) is 4.85. The highest BCUT2D eigenvalue weighted by Gasteiger charge is 2.20. The molecule has 0 bridgehead atoms. The van der Waals surface area contributed by atoms with Gasteiger partial charge < -0.3 is 15.7 Å². The SMILES string of the molecule is CCNC(=NCC1CCCCCCC1)NC1CCC(O)CC1.I. The molecule has 2 saturated carbocycles. The third-order valence-electron chi connectivity index (χ3n) is 5.11. The average Bonchev–Trinajstić information content (AvgIpc) is 2.48. The van der Waals surface area contributed by atoms with Crippen molar-refractivity contribution in [1.82, 2.24) is 10.6 Å². The van der Waals surface area contributed by atoms with Gasteiger partial charge in [-0.1, -0.05) is 32.1 Å². The van der Waals surface area contributed by atoms with Gasteiger partial charge >= 0.3 is 0 Å². The Bertz CT molecular complexity index is 322. The number of aliphatic hydroxyl groups excluding tert-OH is 1. The fourth-order valence-electron chi connectivity index (χ4n) is 3.68. The molecule has 3 N–H and O–H groups in total. The number of rotatable bonds is 4. The van der Waals surface area contributed by atoms with Gasteiger partial charge in [-0.25, -0.2) is 0 Å². The Hall–Kier alpha value is -0.0400. The van der Waals surface area contributed by atoms with E-state index in [2.05, 4.69) is 17.6 Å². The average molecular weight is 437 g/mol. The van der Waals surface area contributed by atoms with E-state index in [0.29, 0.717) is 6.04 Å². The smallest absolute Gasteiger partial charge is 0.191 e. The molecular formula is C18H36IN3O. The Labute approximate surface area is 159 Å². The predicted octanol–water partition coefficient (Wildman–Crippen LogP) is 3.82. The molecule has 0 amide bonds. The number of guanidine groups is 1. The van der Waals surface area contributed by atoms with Crippen molar-refractivity contribution in [1.29, 1.82) is 0 Å². The predicted molar refractivity (Wildman–Crippen MR) is 109 cm³/mol. The summed E-state index contributed by atoms with van der Waals surface area (Å²) in [5.41, 5.74) is 0. The monoisotopic (exact) mass is 437 g/mol. The van der Waals surface area contributed by atoms with Crippen molar-refractivity contribution in [2.24, 2.45) is 10.9 Å². The Morgan fingerprint density at radius 2 is 1.57 bits per heavy atom. The van der Waals surface area contributed by atoms with Crippen LogP contribution in [0.1, 0.15) is 77.6 Å². The van der Waals surface area contributed by atoms with Crippen molar-refractivity contribution >= 4 is 29.9 Å². The molecule has 0 aliphatic heterocycles. The number of halogens is 1. The zero-order valence-electron chi connectivity index (χ0n) is 14.7. The molecule has 0 aromatic heterocycles. The number of hydrogen-bond donors (Lipinski definition) is 3. The zero-order valence-corrected chi connectivity index (χ0v) is 17.1. The van der Waals surface area contributed by atoms with E-state index >= 15 is 0 Å². The fourth-order valence-corrected chi connectivity index (χ4v) is 3.68. The normalized spacial score (nSPS) is 27.5. The van der Waals surface area contributed by atoms with Gasteiger partial charge in [0.2, 0.25) is 0 Å². The van der Waals surface area contributed by atoms with E-state index in [-0.39, 0.29) is 30.1 Å². The van der Waals surface area contributed by atoms with Crippen LogP contribution < -0.4 is 10.6 Å². The molecule has 0 heterocycles. The van der Waals surface area contributed by atoms with Crippen molar-refractivity contribution in [2.45, 2.75) is 89.7 Å². The summed E-state index contributed by atoms with van der Waals surface area (Å²) in [6.07, 6.45) is 13.5. The molecule has 2 aliphatic carbocycles. The highest BCUT2D eigenvalue weighted by atomic mass is 127. The molecule has 0 aromatic rings. The number of nitrogens with one attached hydrogen (secondary N) is 2. The van der Waals surface area contributed by atoms with Crippen molar-refractivity contribution in [2.75, 3.05) is 13.1 Å². The molecule has 0 radical (unpaired) electrons. The minimum absolute atomic E-state index is 0. The molecular weight excluding hydrogens is 401 g/mol. The quantitative estimate of drug-likeness (QED) is 0.356. The van der Waals surface area contributed by atoms with E-state index in [4.69, 9.17) is 4.99 Å². The van der Waals surface area contributed by atoms with Gasteiger partial charge in [-0.05, 0) is 51.4 Å². The maximum Gasteiger partial charge on any atom is 0.191 e. The fraction of sp³-hybridized carbons (Fsp3) is 0.944. The standard InChI is InChI=1S/C18H35N3O.HI/c1-2-19-18(21-16-10-12-17(22)13-11-16)20-14-15-8-6-4-3-5-7-9-15;/h15-17,22H,2-14H2,1H3,(H2,19,20,21);1H. The van der Waals surface area contributed by atoms with Crippen LogP contribution in [0.4, 0.5) is 0 Å². The van der Waals surface area contributed by atoms with Gasteiger partial charge in [-0.3, -0.25) is 4.99 Å². The minimum atomic E-state index is -0.0903. The second-order valence-electron chi connectivity index (χ2n) is 7.08. The summed E-state index contributed by atoms with van der Waals surface area (Å²) in [6.45, 7) is 3.99. The molecule has 5 heteroatoms. The van der Waals surface area contributed by atoms with Gasteiger partial charge in [0.25, 0.3) is 0 Å². The van der Waals surface area contributed by atoms with Crippen molar-refractivity contribution in [3.05, 3.63) is 0 Å². The number of aliphatic imine (C=N–C) groups is 1. The maximum atomic E-state index is 9.61. The van der Waals surface area contributed by atoms with Crippen molar-refractivity contribution < 1.29 is 5.11 Å². The molecule has 23 heavy (non-hydrogen) atoms. The number of aliphatic hydroxyl groups is 1. The first-order valence-corrected chi connectivity index (χ1v) is 9.51. The second-order valence-corrected chi connectivity index (χ2v) is 7.08. The van der Waals surface area contributed by atoms with Crippen LogP contribution in [0.2, 0.25) is 0 Å². The minimum Gasteiger partial charge on any atom is -0.393 e. The molecule has 0 aromatic carbocycles. The molecule has 2 rings (SSSR count). The van der Waals surface area contributed by atoms with E-state index in [0.717, 1.165) is 50.7 Å². The third-order valence-corrected chi connectivity index (χ3v) is 5.11. The Morgan fingerprint density at radius 3 is 2.17 bits per heavy atom. The Morgan fingerprint density at radius 1 is 0.957 bits per heavy atom. The van der Waals surface area contributed by atoms with Crippen molar-refractivity contribution in [3.8, 4) is 0 Å². The third kappa shape index (κ3) is 8.57. The van der Waals surface area contributed by atoms with Gasteiger partial charge in [-0.2, -0.15) is 0 Å². The van der Waals surface area contributed by atoms with Crippen LogP contribution in [0.3, 0.4) is 0 Å². The van der Waals surface area contributed by atoms with Gasteiger partial charge in [0.15, 0.2) is 5.96 Å². The largest absolute Gasteiger partial charge is 0.393 e. The summed E-state index contributed by atoms with van der Waals surface area (Å²) in [5.74, 6) is 1.75. The molecule has 0 saturated heterocycles. The zero-order chi connectivity index (χ0) is 15.6. The lowest BCUT2D eigenvalue weighted by Crippen LogP contribution is -2.45. The molecule has 0 atom stereocenters. The molecule has 4 nitrogen and oxygen atoms in total. The summed E-state index contributed by atoms with van der Waals surface area (Å²) >= 11 is 0. The molecule has 136 valence electrons. The summed E-state index contributed by atoms with van der Waals surface area (Å²) in [7, 11) is 0. The van der Waals surface area contributed by atoms with Crippen molar-refractivity contribution in [3.63, 3.8) is 0 Å². The molecule has 2 fully saturated rings. The Kier molecular flexibility index (Phi) is 11.3.